The topological polar surface area (TPSA) is 118 Å². The summed E-state index contributed by atoms with van der Waals surface area (Å²) in [4.78, 5) is 38.1. The monoisotopic (exact) mass is 554 g/mol. The number of rotatable bonds is 6. The Morgan fingerprint density at radius 2 is 1.65 bits per heavy atom. The first-order valence-corrected chi connectivity index (χ1v) is 13.1. The van der Waals surface area contributed by atoms with E-state index >= 15 is 0 Å². The van der Waals surface area contributed by atoms with Crippen molar-refractivity contribution < 1.29 is 14.3 Å². The van der Waals surface area contributed by atoms with Gasteiger partial charge in [-0.05, 0) is 64.4 Å². The molecular weight excluding hydrogens is 528 g/mol. The van der Waals surface area contributed by atoms with Crippen LogP contribution >= 0.6 is 11.6 Å². The molecule has 0 radical (unpaired) electrons. The molecule has 0 saturated carbocycles. The van der Waals surface area contributed by atoms with Crippen molar-refractivity contribution in [2.75, 3.05) is 5.32 Å². The largest absolute Gasteiger partial charge is 0.476 e. The van der Waals surface area contributed by atoms with Crippen LogP contribution in [0.3, 0.4) is 0 Å². The number of aryl methyl sites for hydroxylation is 3. The lowest BCUT2D eigenvalue weighted by molar-refractivity contribution is 0.0691. The summed E-state index contributed by atoms with van der Waals surface area (Å²) >= 11 is 5.92. The molecule has 40 heavy (non-hydrogen) atoms. The Labute approximate surface area is 235 Å². The summed E-state index contributed by atoms with van der Waals surface area (Å²) in [6, 6.07) is 16.0. The van der Waals surface area contributed by atoms with Gasteiger partial charge in [-0.2, -0.15) is 0 Å². The fourth-order valence-electron chi connectivity index (χ4n) is 4.85. The Hall–Kier alpha value is -4.56. The maximum atomic E-state index is 13.6. The Morgan fingerprint density at radius 1 is 0.950 bits per heavy atom. The molecule has 0 aliphatic heterocycles. The second kappa shape index (κ2) is 10.5. The number of hydrogen-bond donors (Lipinski definition) is 2. The third-order valence-electron chi connectivity index (χ3n) is 6.70. The molecule has 5 aromatic rings. The van der Waals surface area contributed by atoms with E-state index in [1.807, 2.05) is 70.2 Å². The van der Waals surface area contributed by atoms with Crippen LogP contribution in [0.2, 0.25) is 5.15 Å². The zero-order valence-electron chi connectivity index (χ0n) is 22.7. The van der Waals surface area contributed by atoms with Crippen molar-refractivity contribution in [2.24, 2.45) is 0 Å². The molecule has 3 aromatic heterocycles. The van der Waals surface area contributed by atoms with Crippen molar-refractivity contribution >= 4 is 34.2 Å². The summed E-state index contributed by atoms with van der Waals surface area (Å²) in [5.41, 5.74) is 5.90. The molecule has 2 aromatic carbocycles. The van der Waals surface area contributed by atoms with Gasteiger partial charge in [-0.3, -0.25) is 4.79 Å². The minimum absolute atomic E-state index is 0.0822. The molecule has 0 spiro atoms. The molecule has 0 unspecified atom stereocenters. The molecule has 0 saturated heterocycles. The summed E-state index contributed by atoms with van der Waals surface area (Å²) in [5.74, 6) is -0.0341. The van der Waals surface area contributed by atoms with Gasteiger partial charge < -0.3 is 14.8 Å². The predicted molar refractivity (Wildman–Crippen MR) is 156 cm³/mol. The van der Waals surface area contributed by atoms with Crippen molar-refractivity contribution in [1.29, 1.82) is 0 Å². The van der Waals surface area contributed by atoms with E-state index in [2.05, 4.69) is 20.3 Å². The summed E-state index contributed by atoms with van der Waals surface area (Å²) in [7, 11) is 0. The van der Waals surface area contributed by atoms with Crippen LogP contribution in [0.5, 0.6) is 0 Å². The number of nitrogens with one attached hydrogen (secondary N) is 1. The minimum Gasteiger partial charge on any atom is -0.476 e. The van der Waals surface area contributed by atoms with E-state index in [0.29, 0.717) is 39.4 Å². The van der Waals surface area contributed by atoms with Crippen molar-refractivity contribution in [2.45, 2.75) is 40.7 Å². The molecule has 3 heterocycles. The normalized spacial score (nSPS) is 11.9. The Morgan fingerprint density at radius 3 is 2.33 bits per heavy atom. The molecular formula is C31H27ClN4O4. The van der Waals surface area contributed by atoms with Crippen LogP contribution in [0.1, 0.15) is 51.7 Å². The van der Waals surface area contributed by atoms with Crippen LogP contribution in [0.4, 0.5) is 5.69 Å². The van der Waals surface area contributed by atoms with Crippen molar-refractivity contribution in [1.82, 2.24) is 15.0 Å². The number of nitrogens with zero attached hydrogens (tertiary/aromatic N) is 3. The number of aromatic nitrogens is 3. The standard InChI is InChI=1S/C31H27ClN4O4/c1-15-12-22(18(4)34-24-10-11-26(32)36-27(24)31(38)39)30-23(13-15)28(37)17(3)29(40-30)21-8-6-20(7-9-21)25-14-16(2)33-19(5)35-25/h6-14,18,34H,1-5H3,(H,38,39)/t18-/m1/s1. The van der Waals surface area contributed by atoms with Gasteiger partial charge in [0.1, 0.15) is 22.3 Å². The van der Waals surface area contributed by atoms with Gasteiger partial charge in [0.2, 0.25) is 0 Å². The fraction of sp³-hybridized carbons (Fsp3) is 0.194. The molecule has 9 heteroatoms. The van der Waals surface area contributed by atoms with Crippen molar-refractivity contribution in [3.63, 3.8) is 0 Å². The molecule has 0 fully saturated rings. The Balaban J connectivity index is 1.60. The van der Waals surface area contributed by atoms with Gasteiger partial charge >= 0.3 is 5.97 Å². The van der Waals surface area contributed by atoms with E-state index in [-0.39, 0.29) is 16.3 Å². The number of pyridine rings is 1. The molecule has 5 rings (SSSR count). The number of fused-ring (bicyclic) bond motifs is 1. The lowest BCUT2D eigenvalue weighted by Gasteiger charge is -2.19. The third-order valence-corrected chi connectivity index (χ3v) is 6.91. The number of benzene rings is 2. The Bertz CT molecular complexity index is 1830. The second-order valence-electron chi connectivity index (χ2n) is 9.84. The van der Waals surface area contributed by atoms with Gasteiger partial charge in [0, 0.05) is 27.9 Å². The Kier molecular flexibility index (Phi) is 7.12. The van der Waals surface area contributed by atoms with Crippen molar-refractivity contribution in [3.05, 3.63) is 104 Å². The molecule has 2 N–H and O–H groups in total. The summed E-state index contributed by atoms with van der Waals surface area (Å²) in [6.07, 6.45) is 0. The summed E-state index contributed by atoms with van der Waals surface area (Å²) in [5, 5.41) is 13.4. The quantitative estimate of drug-likeness (QED) is 0.214. The lowest BCUT2D eigenvalue weighted by atomic mass is 9.98. The molecule has 0 aliphatic carbocycles. The van der Waals surface area contributed by atoms with Gasteiger partial charge in [-0.15, -0.1) is 0 Å². The number of halogens is 1. The average molecular weight is 555 g/mol. The first kappa shape index (κ1) is 27.0. The predicted octanol–water partition coefficient (Wildman–Crippen LogP) is 7.07. The highest BCUT2D eigenvalue weighted by atomic mass is 35.5. The highest BCUT2D eigenvalue weighted by Crippen LogP contribution is 2.33. The molecule has 8 nitrogen and oxygen atoms in total. The number of carbonyl (C=O) groups is 1. The number of carboxylic acids is 1. The zero-order valence-corrected chi connectivity index (χ0v) is 23.4. The minimum atomic E-state index is -1.20. The van der Waals surface area contributed by atoms with Crippen LogP contribution < -0.4 is 10.7 Å². The van der Waals surface area contributed by atoms with Crippen LogP contribution in [-0.2, 0) is 0 Å². The highest BCUT2D eigenvalue weighted by molar-refractivity contribution is 6.29. The van der Waals surface area contributed by atoms with Crippen LogP contribution in [0.25, 0.3) is 33.6 Å². The van der Waals surface area contributed by atoms with E-state index in [4.69, 9.17) is 16.0 Å². The van der Waals surface area contributed by atoms with Gasteiger partial charge in [-0.25, -0.2) is 19.7 Å². The number of carboxylic acid groups (broad SMARTS) is 1. The van der Waals surface area contributed by atoms with E-state index in [9.17, 15) is 14.7 Å². The van der Waals surface area contributed by atoms with E-state index in [0.717, 1.165) is 28.1 Å². The van der Waals surface area contributed by atoms with Gasteiger partial charge in [-0.1, -0.05) is 41.9 Å². The highest BCUT2D eigenvalue weighted by Gasteiger charge is 2.21. The first-order chi connectivity index (χ1) is 19.0. The SMILES string of the molecule is Cc1cc([C@@H](C)Nc2ccc(Cl)nc2C(=O)O)c2oc(-c3ccc(-c4cc(C)nc(C)n4)cc3)c(C)c(=O)c2c1. The molecule has 0 amide bonds. The van der Waals surface area contributed by atoms with Crippen LogP contribution in [0.15, 0.2) is 63.8 Å². The second-order valence-corrected chi connectivity index (χ2v) is 10.2. The lowest BCUT2D eigenvalue weighted by Crippen LogP contribution is -2.14. The maximum absolute atomic E-state index is 13.6. The van der Waals surface area contributed by atoms with Gasteiger partial charge in [0.05, 0.1) is 22.8 Å². The summed E-state index contributed by atoms with van der Waals surface area (Å²) < 4.78 is 6.47. The van der Waals surface area contributed by atoms with Crippen LogP contribution in [-0.4, -0.2) is 26.0 Å². The van der Waals surface area contributed by atoms with Gasteiger partial charge in [0.15, 0.2) is 11.1 Å². The smallest absolute Gasteiger partial charge is 0.356 e. The van der Waals surface area contributed by atoms with Gasteiger partial charge in [0.25, 0.3) is 0 Å². The maximum Gasteiger partial charge on any atom is 0.356 e. The summed E-state index contributed by atoms with van der Waals surface area (Å²) in [6.45, 7) is 9.32. The van der Waals surface area contributed by atoms with Crippen molar-refractivity contribution in [3.8, 4) is 22.6 Å². The van der Waals surface area contributed by atoms with E-state index in [1.165, 1.54) is 6.07 Å². The van der Waals surface area contributed by atoms with Crippen LogP contribution in [0, 0.1) is 27.7 Å². The number of anilines is 1. The zero-order chi connectivity index (χ0) is 28.7. The van der Waals surface area contributed by atoms with E-state index in [1.54, 1.807) is 13.0 Å². The number of aromatic carboxylic acids is 1. The van der Waals surface area contributed by atoms with E-state index < -0.39 is 12.0 Å². The first-order valence-electron chi connectivity index (χ1n) is 12.7. The molecule has 0 bridgehead atoms. The number of hydrogen-bond acceptors (Lipinski definition) is 7. The third kappa shape index (κ3) is 5.18. The molecule has 0 aliphatic rings. The molecule has 202 valence electrons. The molecule has 1 atom stereocenters. The average Bonchev–Trinajstić information content (AvgIpc) is 2.91. The fourth-order valence-corrected chi connectivity index (χ4v) is 5.00.